The van der Waals surface area contributed by atoms with E-state index in [1.807, 2.05) is 31.2 Å². The van der Waals surface area contributed by atoms with E-state index >= 15 is 0 Å². The largest absolute Gasteiger partial charge is 0.370 e. The van der Waals surface area contributed by atoms with E-state index in [4.69, 9.17) is 0 Å². The minimum atomic E-state index is -3.01. The number of nitrogens with zero attached hydrogens (tertiary/aromatic N) is 3. The van der Waals surface area contributed by atoms with Gasteiger partial charge in [0.1, 0.15) is 5.82 Å². The van der Waals surface area contributed by atoms with Gasteiger partial charge in [0.2, 0.25) is 5.91 Å². The van der Waals surface area contributed by atoms with E-state index in [9.17, 15) is 13.2 Å². The SMILES string of the molecule is CCNc1nc(SCC(=O)N(C)[C@@H]2CCS(=O)(=O)C2)nc2ccccc12. The van der Waals surface area contributed by atoms with Crippen LogP contribution in [0.25, 0.3) is 10.9 Å². The lowest BCUT2D eigenvalue weighted by Crippen LogP contribution is -2.38. The van der Waals surface area contributed by atoms with Crippen LogP contribution in [0.15, 0.2) is 29.4 Å². The number of carbonyl (C=O) groups excluding carboxylic acids is 1. The number of carbonyl (C=O) groups is 1. The number of hydrogen-bond acceptors (Lipinski definition) is 7. The molecular formula is C17H22N4O3S2. The maximum Gasteiger partial charge on any atom is 0.233 e. The molecular weight excluding hydrogens is 372 g/mol. The van der Waals surface area contributed by atoms with Crippen LogP contribution < -0.4 is 5.32 Å². The molecule has 2 aromatic rings. The van der Waals surface area contributed by atoms with Gasteiger partial charge in [-0.05, 0) is 25.5 Å². The molecule has 1 aromatic heterocycles. The third kappa shape index (κ3) is 4.27. The van der Waals surface area contributed by atoms with Crippen molar-refractivity contribution in [3.63, 3.8) is 0 Å². The summed E-state index contributed by atoms with van der Waals surface area (Å²) in [5.41, 5.74) is 0.823. The highest BCUT2D eigenvalue weighted by Gasteiger charge is 2.32. The van der Waals surface area contributed by atoms with Gasteiger partial charge in [-0.1, -0.05) is 23.9 Å². The summed E-state index contributed by atoms with van der Waals surface area (Å²) in [5.74, 6) is 1.03. The van der Waals surface area contributed by atoms with Crippen molar-refractivity contribution < 1.29 is 13.2 Å². The normalized spacial score (nSPS) is 18.8. The first kappa shape index (κ1) is 18.9. The molecule has 2 heterocycles. The Bertz CT molecular complexity index is 917. The zero-order chi connectivity index (χ0) is 18.7. The van der Waals surface area contributed by atoms with Crippen molar-refractivity contribution in [2.45, 2.75) is 24.5 Å². The van der Waals surface area contributed by atoms with Gasteiger partial charge in [0.25, 0.3) is 0 Å². The van der Waals surface area contributed by atoms with E-state index < -0.39 is 9.84 Å². The molecule has 0 bridgehead atoms. The van der Waals surface area contributed by atoms with Crippen molar-refractivity contribution in [3.05, 3.63) is 24.3 Å². The molecule has 1 saturated heterocycles. The molecule has 3 rings (SSSR count). The average molecular weight is 395 g/mol. The van der Waals surface area contributed by atoms with Crippen LogP contribution in [0, 0.1) is 0 Å². The molecule has 0 radical (unpaired) electrons. The fourth-order valence-electron chi connectivity index (χ4n) is 2.93. The number of hydrogen-bond donors (Lipinski definition) is 1. The summed E-state index contributed by atoms with van der Waals surface area (Å²) in [4.78, 5) is 23.0. The smallest absolute Gasteiger partial charge is 0.233 e. The standard InChI is InChI=1S/C17H22N4O3S2/c1-3-18-16-13-6-4-5-7-14(13)19-17(20-16)25-10-15(22)21(2)12-8-9-26(23,24)11-12/h4-7,12H,3,8-11H2,1-2H3,(H,18,19,20)/t12-/m1/s1. The molecule has 1 atom stereocenters. The molecule has 7 nitrogen and oxygen atoms in total. The molecule has 1 aliphatic rings. The second-order valence-electron chi connectivity index (χ2n) is 6.25. The van der Waals surface area contributed by atoms with Gasteiger partial charge >= 0.3 is 0 Å². The van der Waals surface area contributed by atoms with Crippen molar-refractivity contribution in [1.82, 2.24) is 14.9 Å². The molecule has 1 amide bonds. The summed E-state index contributed by atoms with van der Waals surface area (Å²) in [6, 6.07) is 7.50. The molecule has 1 aliphatic heterocycles. The first-order valence-electron chi connectivity index (χ1n) is 8.49. The first-order chi connectivity index (χ1) is 12.4. The Hall–Kier alpha value is -1.87. The summed E-state index contributed by atoms with van der Waals surface area (Å²) in [6.45, 7) is 2.74. The number of rotatable bonds is 6. The van der Waals surface area contributed by atoms with Crippen LogP contribution in [-0.4, -0.2) is 66.1 Å². The third-order valence-electron chi connectivity index (χ3n) is 4.40. The lowest BCUT2D eigenvalue weighted by molar-refractivity contribution is -0.128. The number of aromatic nitrogens is 2. The van der Waals surface area contributed by atoms with E-state index in [2.05, 4.69) is 15.3 Å². The van der Waals surface area contributed by atoms with Gasteiger partial charge < -0.3 is 10.2 Å². The summed E-state index contributed by atoms with van der Waals surface area (Å²) in [7, 11) is -1.34. The van der Waals surface area contributed by atoms with Gasteiger partial charge in [0.05, 0.1) is 22.8 Å². The second-order valence-corrected chi connectivity index (χ2v) is 9.42. The molecule has 26 heavy (non-hydrogen) atoms. The number of thioether (sulfide) groups is 1. The summed E-state index contributed by atoms with van der Waals surface area (Å²) in [6.07, 6.45) is 0.506. The molecule has 9 heteroatoms. The van der Waals surface area contributed by atoms with E-state index in [1.54, 1.807) is 11.9 Å². The van der Waals surface area contributed by atoms with Gasteiger partial charge in [-0.25, -0.2) is 18.4 Å². The van der Waals surface area contributed by atoms with Crippen molar-refractivity contribution >= 4 is 44.2 Å². The predicted octanol–water partition coefficient (Wildman–Crippen LogP) is 1.80. The Labute approximate surface area is 157 Å². The first-order valence-corrected chi connectivity index (χ1v) is 11.3. The Kier molecular flexibility index (Phi) is 5.67. The topological polar surface area (TPSA) is 92.3 Å². The highest BCUT2D eigenvalue weighted by molar-refractivity contribution is 7.99. The van der Waals surface area contributed by atoms with Gasteiger partial charge in [0.15, 0.2) is 15.0 Å². The quantitative estimate of drug-likeness (QED) is 0.590. The molecule has 0 spiro atoms. The van der Waals surface area contributed by atoms with Crippen molar-refractivity contribution in [2.24, 2.45) is 0 Å². The molecule has 140 valence electrons. The van der Waals surface area contributed by atoms with Crippen LogP contribution >= 0.6 is 11.8 Å². The lowest BCUT2D eigenvalue weighted by Gasteiger charge is -2.23. The van der Waals surface area contributed by atoms with Crippen LogP contribution in [0.1, 0.15) is 13.3 Å². The zero-order valence-electron chi connectivity index (χ0n) is 14.8. The predicted molar refractivity (Wildman–Crippen MR) is 104 cm³/mol. The number of nitrogens with one attached hydrogen (secondary N) is 1. The number of fused-ring (bicyclic) bond motifs is 1. The molecule has 0 aliphatic carbocycles. The zero-order valence-corrected chi connectivity index (χ0v) is 16.4. The number of benzene rings is 1. The molecule has 1 fully saturated rings. The second kappa shape index (κ2) is 7.79. The average Bonchev–Trinajstić information content (AvgIpc) is 2.99. The maximum absolute atomic E-state index is 12.4. The van der Waals surface area contributed by atoms with Crippen LogP contribution in [0.4, 0.5) is 5.82 Å². The molecule has 0 saturated carbocycles. The fraction of sp³-hybridized carbons (Fsp3) is 0.471. The highest BCUT2D eigenvalue weighted by Crippen LogP contribution is 2.25. The van der Waals surface area contributed by atoms with Crippen molar-refractivity contribution in [2.75, 3.05) is 36.2 Å². The fourth-order valence-corrected chi connectivity index (χ4v) is 5.48. The van der Waals surface area contributed by atoms with E-state index in [0.717, 1.165) is 23.3 Å². The van der Waals surface area contributed by atoms with E-state index in [-0.39, 0.29) is 29.2 Å². The number of para-hydroxylation sites is 1. The van der Waals surface area contributed by atoms with Gasteiger partial charge in [-0.3, -0.25) is 4.79 Å². The van der Waals surface area contributed by atoms with Gasteiger partial charge in [-0.2, -0.15) is 0 Å². The summed E-state index contributed by atoms with van der Waals surface area (Å²) in [5, 5.41) is 4.70. The maximum atomic E-state index is 12.4. The van der Waals surface area contributed by atoms with E-state index in [1.165, 1.54) is 11.8 Å². The molecule has 0 unspecified atom stereocenters. The van der Waals surface area contributed by atoms with E-state index in [0.29, 0.717) is 11.6 Å². The van der Waals surface area contributed by atoms with Gasteiger partial charge in [0, 0.05) is 25.0 Å². The summed E-state index contributed by atoms with van der Waals surface area (Å²) >= 11 is 1.27. The van der Waals surface area contributed by atoms with Crippen molar-refractivity contribution in [3.8, 4) is 0 Å². The molecule has 1 N–H and O–H groups in total. The molecule has 1 aromatic carbocycles. The monoisotopic (exact) mass is 394 g/mol. The minimum absolute atomic E-state index is 0.0525. The van der Waals surface area contributed by atoms with Crippen LogP contribution in [0.3, 0.4) is 0 Å². The Balaban J connectivity index is 1.70. The number of anilines is 1. The lowest BCUT2D eigenvalue weighted by atomic mass is 10.2. The Morgan fingerprint density at radius 2 is 2.12 bits per heavy atom. The van der Waals surface area contributed by atoms with Crippen molar-refractivity contribution in [1.29, 1.82) is 0 Å². The Morgan fingerprint density at radius 3 is 2.81 bits per heavy atom. The summed E-state index contributed by atoms with van der Waals surface area (Å²) < 4.78 is 23.2. The van der Waals surface area contributed by atoms with Crippen LogP contribution in [0.2, 0.25) is 0 Å². The Morgan fingerprint density at radius 1 is 1.35 bits per heavy atom. The van der Waals surface area contributed by atoms with Crippen LogP contribution in [-0.2, 0) is 14.6 Å². The van der Waals surface area contributed by atoms with Crippen LogP contribution in [0.5, 0.6) is 0 Å². The number of sulfone groups is 1. The third-order valence-corrected chi connectivity index (χ3v) is 6.98. The highest BCUT2D eigenvalue weighted by atomic mass is 32.2. The number of amides is 1. The minimum Gasteiger partial charge on any atom is -0.370 e. The van der Waals surface area contributed by atoms with Gasteiger partial charge in [-0.15, -0.1) is 0 Å².